The summed E-state index contributed by atoms with van der Waals surface area (Å²) in [6.07, 6.45) is 0. The fraction of sp³-hybridized carbons (Fsp3) is 1.00. The Bertz CT molecular complexity index is 118. The summed E-state index contributed by atoms with van der Waals surface area (Å²) < 4.78 is 0. The molecule has 0 aromatic carbocycles. The molecule has 0 rings (SSSR count). The van der Waals surface area contributed by atoms with Crippen LogP contribution < -0.4 is 0 Å². The maximum Gasteiger partial charge on any atom is 0.155 e. The topological polar surface area (TPSA) is 41.9 Å². The van der Waals surface area contributed by atoms with Crippen molar-refractivity contribution in [3.8, 4) is 0 Å². The van der Waals surface area contributed by atoms with Gasteiger partial charge in [-0.3, -0.25) is 4.90 Å². The summed E-state index contributed by atoms with van der Waals surface area (Å²) in [6.45, 7) is 9.60. The molecule has 0 saturated carbocycles. The smallest absolute Gasteiger partial charge is 0.155 e. The quantitative estimate of drug-likeness (QED) is 0.350. The van der Waals surface area contributed by atoms with Crippen LogP contribution in [0.25, 0.3) is 0 Å². The second-order valence-electron chi connectivity index (χ2n) is 3.33. The summed E-state index contributed by atoms with van der Waals surface area (Å²) in [4.78, 5) is 16.3. The Labute approximate surface area is 73.8 Å². The molecule has 0 aliphatic carbocycles. The van der Waals surface area contributed by atoms with Crippen LogP contribution in [0.5, 0.6) is 0 Å². The number of hydrogen-bond donors (Lipinski definition) is 0. The Kier molecular flexibility index (Phi) is 5.62. The van der Waals surface area contributed by atoms with Crippen LogP contribution in [-0.2, 0) is 4.84 Å². The van der Waals surface area contributed by atoms with Gasteiger partial charge in [0, 0.05) is 18.6 Å². The van der Waals surface area contributed by atoms with Crippen molar-refractivity contribution in [2.24, 2.45) is 5.34 Å². The van der Waals surface area contributed by atoms with Crippen molar-refractivity contribution >= 4 is 0 Å². The zero-order valence-corrected chi connectivity index (χ0v) is 8.28. The van der Waals surface area contributed by atoms with Crippen molar-refractivity contribution in [3.63, 3.8) is 0 Å². The van der Waals surface area contributed by atoms with Crippen molar-refractivity contribution in [3.05, 3.63) is 4.91 Å². The standard InChI is InChI=1S/C8H18N2O2/c1-7(2)10(8(3)4)5-6-12-9-11/h7-8H,5-6H2,1-4H3. The van der Waals surface area contributed by atoms with Crippen LogP contribution in [0.2, 0.25) is 0 Å². The second-order valence-corrected chi connectivity index (χ2v) is 3.33. The summed E-state index contributed by atoms with van der Waals surface area (Å²) in [6, 6.07) is 0.945. The van der Waals surface area contributed by atoms with Crippen LogP contribution in [-0.4, -0.2) is 30.1 Å². The molecule has 0 N–H and O–H groups in total. The molecule has 0 aliphatic heterocycles. The van der Waals surface area contributed by atoms with E-state index in [1.54, 1.807) is 0 Å². The molecule has 0 spiro atoms. The van der Waals surface area contributed by atoms with E-state index in [0.717, 1.165) is 6.54 Å². The van der Waals surface area contributed by atoms with E-state index >= 15 is 0 Å². The van der Waals surface area contributed by atoms with Crippen LogP contribution in [0.15, 0.2) is 5.34 Å². The third kappa shape index (κ3) is 4.28. The predicted octanol–water partition coefficient (Wildman–Crippen LogP) is 1.80. The highest BCUT2D eigenvalue weighted by Gasteiger charge is 2.12. The molecule has 4 nitrogen and oxygen atoms in total. The lowest BCUT2D eigenvalue weighted by Crippen LogP contribution is -2.39. The van der Waals surface area contributed by atoms with Gasteiger partial charge in [-0.15, -0.1) is 4.91 Å². The first-order chi connectivity index (χ1) is 5.59. The molecule has 12 heavy (non-hydrogen) atoms. The van der Waals surface area contributed by atoms with E-state index in [0.29, 0.717) is 18.7 Å². The maximum absolute atomic E-state index is 9.64. The van der Waals surface area contributed by atoms with E-state index in [2.05, 4.69) is 42.8 Å². The average Bonchev–Trinajstić information content (AvgIpc) is 1.96. The van der Waals surface area contributed by atoms with Gasteiger partial charge in [0.05, 0.1) is 0 Å². The highest BCUT2D eigenvalue weighted by molar-refractivity contribution is 4.66. The number of nitrogens with zero attached hydrogens (tertiary/aromatic N) is 2. The van der Waals surface area contributed by atoms with Gasteiger partial charge in [-0.05, 0) is 27.7 Å². The molecular weight excluding hydrogens is 156 g/mol. The van der Waals surface area contributed by atoms with Crippen molar-refractivity contribution < 1.29 is 4.84 Å². The monoisotopic (exact) mass is 174 g/mol. The zero-order chi connectivity index (χ0) is 9.56. The normalized spacial score (nSPS) is 11.2. The van der Waals surface area contributed by atoms with Crippen LogP contribution in [0.1, 0.15) is 27.7 Å². The minimum Gasteiger partial charge on any atom is -0.363 e. The molecule has 4 heteroatoms. The fourth-order valence-corrected chi connectivity index (χ4v) is 1.30. The molecule has 0 amide bonds. The molecule has 0 heterocycles. The lowest BCUT2D eigenvalue weighted by atomic mass is 10.2. The molecule has 0 unspecified atom stereocenters. The van der Waals surface area contributed by atoms with Gasteiger partial charge in [0.1, 0.15) is 6.61 Å². The van der Waals surface area contributed by atoms with Crippen molar-refractivity contribution in [1.29, 1.82) is 0 Å². The van der Waals surface area contributed by atoms with E-state index in [9.17, 15) is 4.91 Å². The summed E-state index contributed by atoms with van der Waals surface area (Å²) in [5.41, 5.74) is 0. The third-order valence-electron chi connectivity index (χ3n) is 1.82. The summed E-state index contributed by atoms with van der Waals surface area (Å²) >= 11 is 0. The molecule has 0 aromatic rings. The first kappa shape index (κ1) is 11.4. The Morgan fingerprint density at radius 2 is 1.75 bits per heavy atom. The van der Waals surface area contributed by atoms with Gasteiger partial charge in [-0.1, -0.05) is 0 Å². The Morgan fingerprint density at radius 3 is 2.08 bits per heavy atom. The Balaban J connectivity index is 3.71. The molecule has 0 atom stereocenters. The van der Waals surface area contributed by atoms with Crippen LogP contribution in [0, 0.1) is 4.91 Å². The summed E-state index contributed by atoms with van der Waals surface area (Å²) in [5, 5.41) is 2.35. The van der Waals surface area contributed by atoms with E-state index < -0.39 is 0 Å². The predicted molar refractivity (Wildman–Crippen MR) is 48.7 cm³/mol. The van der Waals surface area contributed by atoms with Crippen molar-refractivity contribution in [2.75, 3.05) is 13.2 Å². The highest BCUT2D eigenvalue weighted by Crippen LogP contribution is 2.03. The molecule has 0 aliphatic rings. The van der Waals surface area contributed by atoms with E-state index in [-0.39, 0.29) is 0 Å². The average molecular weight is 174 g/mol. The largest absolute Gasteiger partial charge is 0.363 e. The van der Waals surface area contributed by atoms with Gasteiger partial charge in [-0.25, -0.2) is 0 Å². The first-order valence-electron chi connectivity index (χ1n) is 4.30. The maximum atomic E-state index is 9.64. The Hall–Kier alpha value is -0.640. The van der Waals surface area contributed by atoms with E-state index in [1.165, 1.54) is 0 Å². The van der Waals surface area contributed by atoms with E-state index in [4.69, 9.17) is 0 Å². The van der Waals surface area contributed by atoms with Gasteiger partial charge in [0.15, 0.2) is 5.34 Å². The number of rotatable bonds is 6. The van der Waals surface area contributed by atoms with Gasteiger partial charge >= 0.3 is 0 Å². The third-order valence-corrected chi connectivity index (χ3v) is 1.82. The molecule has 72 valence electrons. The summed E-state index contributed by atoms with van der Waals surface area (Å²) in [7, 11) is 0. The van der Waals surface area contributed by atoms with Gasteiger partial charge in [0.2, 0.25) is 0 Å². The Morgan fingerprint density at radius 1 is 1.25 bits per heavy atom. The minimum absolute atomic E-state index is 0.375. The van der Waals surface area contributed by atoms with Crippen molar-refractivity contribution in [2.45, 2.75) is 39.8 Å². The molecule has 0 saturated heterocycles. The minimum atomic E-state index is 0.375. The lowest BCUT2D eigenvalue weighted by molar-refractivity contribution is 0.0804. The van der Waals surface area contributed by atoms with Gasteiger partial charge in [0.25, 0.3) is 0 Å². The molecular formula is C8H18N2O2. The van der Waals surface area contributed by atoms with Crippen LogP contribution in [0.3, 0.4) is 0 Å². The van der Waals surface area contributed by atoms with Gasteiger partial charge < -0.3 is 4.84 Å². The van der Waals surface area contributed by atoms with Gasteiger partial charge in [-0.2, -0.15) is 0 Å². The molecule has 0 aromatic heterocycles. The molecule has 0 bridgehead atoms. The molecule has 0 radical (unpaired) electrons. The summed E-state index contributed by atoms with van der Waals surface area (Å²) in [5.74, 6) is 0. The highest BCUT2D eigenvalue weighted by atomic mass is 16.7. The number of hydrogen-bond acceptors (Lipinski definition) is 4. The fourth-order valence-electron chi connectivity index (χ4n) is 1.30. The zero-order valence-electron chi connectivity index (χ0n) is 8.28. The second kappa shape index (κ2) is 5.94. The van der Waals surface area contributed by atoms with Crippen molar-refractivity contribution in [1.82, 2.24) is 4.90 Å². The van der Waals surface area contributed by atoms with E-state index in [1.807, 2.05) is 0 Å². The first-order valence-corrected chi connectivity index (χ1v) is 4.30. The molecule has 0 fully saturated rings. The van der Waals surface area contributed by atoms with Crippen LogP contribution >= 0.6 is 0 Å². The SMILES string of the molecule is CC(C)N(CCON=O)C(C)C. The lowest BCUT2D eigenvalue weighted by Gasteiger charge is -2.29. The van der Waals surface area contributed by atoms with Crippen LogP contribution in [0.4, 0.5) is 0 Å².